The highest BCUT2D eigenvalue weighted by Gasteiger charge is 2.21. The van der Waals surface area contributed by atoms with E-state index in [0.717, 1.165) is 51.2 Å². The van der Waals surface area contributed by atoms with E-state index < -0.39 is 0 Å². The van der Waals surface area contributed by atoms with Gasteiger partial charge in [0.2, 0.25) is 5.91 Å². The molecule has 4 heteroatoms. The molecule has 0 saturated carbocycles. The van der Waals surface area contributed by atoms with Crippen molar-refractivity contribution in [3.63, 3.8) is 0 Å². The van der Waals surface area contributed by atoms with E-state index in [1.165, 1.54) is 11.1 Å². The maximum absolute atomic E-state index is 12.5. The fourth-order valence-corrected chi connectivity index (χ4v) is 3.12. The van der Waals surface area contributed by atoms with Crippen LogP contribution in [0.3, 0.4) is 0 Å². The number of benzene rings is 1. The quantitative estimate of drug-likeness (QED) is 0.840. The minimum absolute atomic E-state index is 0.0874. The van der Waals surface area contributed by atoms with Crippen molar-refractivity contribution in [3.05, 3.63) is 29.3 Å². The van der Waals surface area contributed by atoms with Gasteiger partial charge in [0.05, 0.1) is 6.61 Å². The number of nitrogens with zero attached hydrogens (tertiary/aromatic N) is 1. The molecule has 0 aliphatic carbocycles. The summed E-state index contributed by atoms with van der Waals surface area (Å²) in [6.07, 6.45) is 2.86. The van der Waals surface area contributed by atoms with Gasteiger partial charge in [-0.15, -0.1) is 0 Å². The lowest BCUT2D eigenvalue weighted by Crippen LogP contribution is -2.48. The zero-order valence-corrected chi connectivity index (χ0v) is 14.7. The van der Waals surface area contributed by atoms with Gasteiger partial charge in [-0.25, -0.2) is 0 Å². The second-order valence-electron chi connectivity index (χ2n) is 6.23. The number of nitrogens with one attached hydrogen (secondary N) is 1. The highest BCUT2D eigenvalue weighted by molar-refractivity contribution is 5.78. The molecule has 128 valence electrons. The lowest BCUT2D eigenvalue weighted by Gasteiger charge is -2.30. The number of ether oxygens (including phenoxy) is 1. The summed E-state index contributed by atoms with van der Waals surface area (Å²) in [4.78, 5) is 14.5. The van der Waals surface area contributed by atoms with Crippen LogP contribution in [-0.4, -0.2) is 43.6 Å². The molecule has 23 heavy (non-hydrogen) atoms. The average Bonchev–Trinajstić information content (AvgIpc) is 2.60. The number of hydrogen-bond acceptors (Lipinski definition) is 3. The van der Waals surface area contributed by atoms with E-state index >= 15 is 0 Å². The number of rotatable bonds is 7. The van der Waals surface area contributed by atoms with Crippen LogP contribution >= 0.6 is 0 Å². The molecule has 1 aromatic carbocycles. The van der Waals surface area contributed by atoms with Crippen molar-refractivity contribution in [1.82, 2.24) is 10.2 Å². The Balaban J connectivity index is 1.92. The number of carbonyl (C=O) groups is 1. The summed E-state index contributed by atoms with van der Waals surface area (Å²) in [6, 6.07) is 6.34. The van der Waals surface area contributed by atoms with Crippen molar-refractivity contribution in [2.75, 3.05) is 32.8 Å². The van der Waals surface area contributed by atoms with Crippen LogP contribution in [0.5, 0.6) is 5.75 Å². The summed E-state index contributed by atoms with van der Waals surface area (Å²) in [5.74, 6) is 1.33. The molecule has 1 aliphatic heterocycles. The minimum Gasteiger partial charge on any atom is -0.494 e. The largest absolute Gasteiger partial charge is 0.494 e. The van der Waals surface area contributed by atoms with E-state index in [-0.39, 0.29) is 5.92 Å². The molecule has 4 nitrogen and oxygen atoms in total. The summed E-state index contributed by atoms with van der Waals surface area (Å²) in [5.41, 5.74) is 2.67. The highest BCUT2D eigenvalue weighted by atomic mass is 16.5. The summed E-state index contributed by atoms with van der Waals surface area (Å²) in [6.45, 7) is 10.4. The van der Waals surface area contributed by atoms with Gasteiger partial charge in [-0.1, -0.05) is 19.9 Å². The topological polar surface area (TPSA) is 41.6 Å². The van der Waals surface area contributed by atoms with E-state index in [1.54, 1.807) is 0 Å². The summed E-state index contributed by atoms with van der Waals surface area (Å²) in [7, 11) is 0. The Bertz CT molecular complexity index is 510. The third-order valence-electron chi connectivity index (χ3n) is 4.57. The third-order valence-corrected chi connectivity index (χ3v) is 4.57. The molecule has 1 saturated heterocycles. The Morgan fingerprint density at radius 3 is 2.65 bits per heavy atom. The standard InChI is InChI=1S/C19H30N2O2/c1-4-16-14-18(23-5-2)9-8-17(16)7-6-15(3)19(22)21-12-10-20-11-13-21/h8-9,14-15,20H,4-7,10-13H2,1-3H3. The zero-order valence-electron chi connectivity index (χ0n) is 14.7. The van der Waals surface area contributed by atoms with Crippen molar-refractivity contribution in [2.45, 2.75) is 40.0 Å². The molecule has 1 N–H and O–H groups in total. The number of piperazine rings is 1. The number of aryl methyl sites for hydroxylation is 2. The second kappa shape index (κ2) is 8.92. The molecule has 1 aliphatic rings. The first-order valence-corrected chi connectivity index (χ1v) is 8.89. The Kier molecular flexibility index (Phi) is 6.90. The average molecular weight is 318 g/mol. The minimum atomic E-state index is 0.0874. The van der Waals surface area contributed by atoms with Gasteiger partial charge in [-0.05, 0) is 49.4 Å². The Morgan fingerprint density at radius 1 is 1.26 bits per heavy atom. The fraction of sp³-hybridized carbons (Fsp3) is 0.632. The first-order chi connectivity index (χ1) is 11.2. The maximum Gasteiger partial charge on any atom is 0.225 e. The number of hydrogen-bond donors (Lipinski definition) is 1. The van der Waals surface area contributed by atoms with Crippen LogP contribution in [-0.2, 0) is 17.6 Å². The first kappa shape index (κ1) is 17.8. The molecule has 1 unspecified atom stereocenters. The number of amides is 1. The van der Waals surface area contributed by atoms with E-state index in [2.05, 4.69) is 31.3 Å². The summed E-state index contributed by atoms with van der Waals surface area (Å²) < 4.78 is 5.58. The SMILES string of the molecule is CCOc1ccc(CCC(C)C(=O)N2CCNCC2)c(CC)c1. The maximum atomic E-state index is 12.5. The smallest absolute Gasteiger partial charge is 0.225 e. The molecule has 1 heterocycles. The van der Waals surface area contributed by atoms with Crippen LogP contribution in [0, 0.1) is 5.92 Å². The highest BCUT2D eigenvalue weighted by Crippen LogP contribution is 2.22. The molecular formula is C19H30N2O2. The van der Waals surface area contributed by atoms with Crippen LogP contribution < -0.4 is 10.1 Å². The molecule has 1 atom stereocenters. The normalized spacial score (nSPS) is 16.2. The van der Waals surface area contributed by atoms with Crippen molar-refractivity contribution in [2.24, 2.45) is 5.92 Å². The molecule has 0 bridgehead atoms. The predicted octanol–water partition coefficient (Wildman–Crippen LogP) is 2.65. The van der Waals surface area contributed by atoms with Gasteiger partial charge >= 0.3 is 0 Å². The predicted molar refractivity (Wildman–Crippen MR) is 93.9 cm³/mol. The van der Waals surface area contributed by atoms with Gasteiger partial charge in [0.25, 0.3) is 0 Å². The van der Waals surface area contributed by atoms with Gasteiger partial charge in [-0.3, -0.25) is 4.79 Å². The third kappa shape index (κ3) is 4.96. The molecule has 0 radical (unpaired) electrons. The van der Waals surface area contributed by atoms with Gasteiger partial charge < -0.3 is 15.0 Å². The van der Waals surface area contributed by atoms with Crippen LogP contribution in [0.2, 0.25) is 0 Å². The summed E-state index contributed by atoms with van der Waals surface area (Å²) in [5, 5.41) is 3.29. The van der Waals surface area contributed by atoms with Gasteiger partial charge in [0.15, 0.2) is 0 Å². The summed E-state index contributed by atoms with van der Waals surface area (Å²) >= 11 is 0. The van der Waals surface area contributed by atoms with E-state index in [0.29, 0.717) is 12.5 Å². The molecule has 0 spiro atoms. The first-order valence-electron chi connectivity index (χ1n) is 8.89. The van der Waals surface area contributed by atoms with Crippen molar-refractivity contribution in [3.8, 4) is 5.75 Å². The molecule has 1 amide bonds. The molecule has 2 rings (SSSR count). The van der Waals surface area contributed by atoms with Crippen LogP contribution in [0.4, 0.5) is 0 Å². The zero-order chi connectivity index (χ0) is 16.7. The van der Waals surface area contributed by atoms with Crippen molar-refractivity contribution >= 4 is 5.91 Å². The van der Waals surface area contributed by atoms with Crippen LogP contribution in [0.15, 0.2) is 18.2 Å². The Hall–Kier alpha value is -1.55. The molecule has 0 aromatic heterocycles. The van der Waals surface area contributed by atoms with Gasteiger partial charge in [0, 0.05) is 32.1 Å². The van der Waals surface area contributed by atoms with E-state index in [9.17, 15) is 4.79 Å². The van der Waals surface area contributed by atoms with Gasteiger partial charge in [0.1, 0.15) is 5.75 Å². The number of carbonyl (C=O) groups excluding carboxylic acids is 1. The van der Waals surface area contributed by atoms with Crippen LogP contribution in [0.25, 0.3) is 0 Å². The van der Waals surface area contributed by atoms with Crippen molar-refractivity contribution < 1.29 is 9.53 Å². The molecular weight excluding hydrogens is 288 g/mol. The monoisotopic (exact) mass is 318 g/mol. The van der Waals surface area contributed by atoms with Crippen molar-refractivity contribution in [1.29, 1.82) is 0 Å². The van der Waals surface area contributed by atoms with Gasteiger partial charge in [-0.2, -0.15) is 0 Å². The Labute approximate surface area is 140 Å². The second-order valence-corrected chi connectivity index (χ2v) is 6.23. The van der Waals surface area contributed by atoms with E-state index in [1.807, 2.05) is 17.9 Å². The Morgan fingerprint density at radius 2 is 2.00 bits per heavy atom. The van der Waals surface area contributed by atoms with E-state index in [4.69, 9.17) is 4.74 Å². The lowest BCUT2D eigenvalue weighted by molar-refractivity contribution is -0.135. The van der Waals surface area contributed by atoms with Crippen LogP contribution in [0.1, 0.15) is 38.3 Å². The fourth-order valence-electron chi connectivity index (χ4n) is 3.12. The molecule has 1 aromatic rings. The molecule has 1 fully saturated rings. The lowest BCUT2D eigenvalue weighted by atomic mass is 9.95.